The molecule has 5 nitrogen and oxygen atoms in total. The fourth-order valence-electron chi connectivity index (χ4n) is 3.17. The maximum Gasteiger partial charge on any atom is 0.251 e. The summed E-state index contributed by atoms with van der Waals surface area (Å²) in [5.74, 6) is 1.78. The van der Waals surface area contributed by atoms with Crippen molar-refractivity contribution in [3.8, 4) is 11.5 Å². The number of hydrogen-bond donors (Lipinski definition) is 1. The maximum atomic E-state index is 12.3. The average Bonchev–Trinajstić information content (AvgIpc) is 2.92. The minimum atomic E-state index is -0.935. The fraction of sp³-hybridized carbons (Fsp3) is 0.381. The second kappa shape index (κ2) is 8.13. The first kappa shape index (κ1) is 19.4. The first-order valence-corrected chi connectivity index (χ1v) is 10.7. The van der Waals surface area contributed by atoms with Crippen LogP contribution in [0.3, 0.4) is 0 Å². The van der Waals surface area contributed by atoms with Gasteiger partial charge in [0.25, 0.3) is 5.91 Å². The predicted molar refractivity (Wildman–Crippen MR) is 107 cm³/mol. The fourth-order valence-corrected chi connectivity index (χ4v) is 3.81. The first-order valence-electron chi connectivity index (χ1n) is 8.95. The van der Waals surface area contributed by atoms with Crippen LogP contribution < -0.4 is 14.8 Å². The average molecular weight is 388 g/mol. The normalized spacial score (nSPS) is 15.5. The topological polar surface area (TPSA) is 64.6 Å². The molecule has 1 N–H and O–H groups in total. The highest BCUT2D eigenvalue weighted by atomic mass is 32.2. The van der Waals surface area contributed by atoms with Gasteiger partial charge in [-0.2, -0.15) is 0 Å². The highest BCUT2D eigenvalue weighted by Gasteiger charge is 2.32. The van der Waals surface area contributed by atoms with E-state index in [1.54, 1.807) is 24.5 Å². The Hall–Kier alpha value is -2.34. The third-order valence-corrected chi connectivity index (χ3v) is 5.00. The molecule has 0 aromatic heterocycles. The first-order chi connectivity index (χ1) is 12.8. The molecule has 0 saturated heterocycles. The Labute approximate surface area is 162 Å². The number of amides is 1. The van der Waals surface area contributed by atoms with E-state index in [-0.39, 0.29) is 11.5 Å². The number of nitrogens with one attached hydrogen (secondary N) is 1. The summed E-state index contributed by atoms with van der Waals surface area (Å²) in [6.07, 6.45) is 2.50. The van der Waals surface area contributed by atoms with Gasteiger partial charge in [-0.05, 0) is 37.6 Å². The smallest absolute Gasteiger partial charge is 0.251 e. The summed E-state index contributed by atoms with van der Waals surface area (Å²) in [4.78, 5) is 12.3. The van der Waals surface area contributed by atoms with Gasteiger partial charge in [0.1, 0.15) is 12.2 Å². The van der Waals surface area contributed by atoms with E-state index in [0.717, 1.165) is 23.3 Å². The van der Waals surface area contributed by atoms with Crippen LogP contribution in [-0.2, 0) is 23.0 Å². The van der Waals surface area contributed by atoms with Crippen molar-refractivity contribution in [2.45, 2.75) is 31.6 Å². The van der Waals surface area contributed by atoms with E-state index in [2.05, 4.69) is 25.2 Å². The van der Waals surface area contributed by atoms with Gasteiger partial charge in [0.15, 0.2) is 11.5 Å². The summed E-state index contributed by atoms with van der Waals surface area (Å²) in [6.45, 7) is 4.85. The van der Waals surface area contributed by atoms with Gasteiger partial charge in [0, 0.05) is 40.4 Å². The van der Waals surface area contributed by atoms with E-state index in [1.807, 2.05) is 18.2 Å². The Morgan fingerprint density at radius 1 is 1.26 bits per heavy atom. The van der Waals surface area contributed by atoms with Crippen molar-refractivity contribution >= 4 is 16.7 Å². The Morgan fingerprint density at radius 3 is 2.81 bits per heavy atom. The molecule has 1 unspecified atom stereocenters. The van der Waals surface area contributed by atoms with Gasteiger partial charge in [-0.25, -0.2) is 0 Å². The summed E-state index contributed by atoms with van der Waals surface area (Å²) in [5, 5.41) is 2.85. The van der Waals surface area contributed by atoms with Crippen molar-refractivity contribution in [3.05, 3.63) is 59.2 Å². The van der Waals surface area contributed by atoms with Crippen LogP contribution in [0.5, 0.6) is 11.5 Å². The molecule has 0 radical (unpaired) electrons. The van der Waals surface area contributed by atoms with Gasteiger partial charge in [-0.15, -0.1) is 0 Å². The molecule has 1 aliphatic rings. The molecule has 27 heavy (non-hydrogen) atoms. The summed E-state index contributed by atoms with van der Waals surface area (Å²) >= 11 is 0. The molecule has 1 amide bonds. The molecular weight excluding hydrogens is 362 g/mol. The van der Waals surface area contributed by atoms with Gasteiger partial charge in [0.2, 0.25) is 0 Å². The molecule has 0 aliphatic carbocycles. The lowest BCUT2D eigenvalue weighted by Crippen LogP contribution is -2.28. The monoisotopic (exact) mass is 387 g/mol. The van der Waals surface area contributed by atoms with Crippen molar-refractivity contribution in [1.82, 2.24) is 5.32 Å². The predicted octanol–water partition coefficient (Wildman–Crippen LogP) is 3.09. The number of rotatable bonds is 7. The number of benzene rings is 2. The van der Waals surface area contributed by atoms with E-state index in [1.165, 1.54) is 0 Å². The second-order valence-electron chi connectivity index (χ2n) is 7.31. The molecule has 2 aromatic rings. The molecule has 1 atom stereocenters. The van der Waals surface area contributed by atoms with E-state index in [9.17, 15) is 9.00 Å². The van der Waals surface area contributed by atoms with E-state index in [0.29, 0.717) is 30.2 Å². The summed E-state index contributed by atoms with van der Waals surface area (Å²) in [6, 6.07) is 13.1. The van der Waals surface area contributed by atoms with Crippen molar-refractivity contribution in [2.24, 2.45) is 0 Å². The zero-order valence-electron chi connectivity index (χ0n) is 15.9. The molecule has 0 saturated carbocycles. The molecule has 2 aromatic carbocycles. The Balaban J connectivity index is 1.52. The minimum Gasteiger partial charge on any atom is -0.488 e. The Bertz CT molecular complexity index is 863. The van der Waals surface area contributed by atoms with Crippen LogP contribution >= 0.6 is 0 Å². The lowest BCUT2D eigenvalue weighted by Gasteiger charge is -2.18. The second-order valence-corrected chi connectivity index (χ2v) is 8.74. The summed E-state index contributed by atoms with van der Waals surface area (Å²) < 4.78 is 23.1. The summed E-state index contributed by atoms with van der Waals surface area (Å²) in [5.41, 5.74) is 2.37. The number of carbonyl (C=O) groups excluding carboxylic acids is 1. The number of ether oxygens (including phenoxy) is 2. The Morgan fingerprint density at radius 2 is 2.04 bits per heavy atom. The summed E-state index contributed by atoms with van der Waals surface area (Å²) in [7, 11) is -0.935. The Kier molecular flexibility index (Phi) is 5.85. The highest BCUT2D eigenvalue weighted by Crippen LogP contribution is 2.41. The number of carbonyl (C=O) groups is 1. The molecule has 1 heterocycles. The molecule has 1 aliphatic heterocycles. The van der Waals surface area contributed by atoms with Crippen LogP contribution in [0.25, 0.3) is 0 Å². The SMILES string of the molecule is CS(=O)Cc1cccc(C(=O)NCCOc2cccc3c2OC(C)(C)C3)c1. The lowest BCUT2D eigenvalue weighted by molar-refractivity contribution is 0.0946. The zero-order chi connectivity index (χ0) is 19.4. The van der Waals surface area contributed by atoms with E-state index < -0.39 is 10.8 Å². The van der Waals surface area contributed by atoms with Gasteiger partial charge in [-0.1, -0.05) is 24.3 Å². The lowest BCUT2D eigenvalue weighted by atomic mass is 10.0. The van der Waals surface area contributed by atoms with Crippen molar-refractivity contribution in [1.29, 1.82) is 0 Å². The zero-order valence-corrected chi connectivity index (χ0v) is 16.7. The van der Waals surface area contributed by atoms with E-state index in [4.69, 9.17) is 9.47 Å². The molecular formula is C21H25NO4S. The van der Waals surface area contributed by atoms with Gasteiger partial charge in [-0.3, -0.25) is 9.00 Å². The van der Waals surface area contributed by atoms with Crippen LogP contribution in [0.1, 0.15) is 35.3 Å². The molecule has 0 fully saturated rings. The molecule has 6 heteroatoms. The van der Waals surface area contributed by atoms with Crippen LogP contribution in [0.15, 0.2) is 42.5 Å². The highest BCUT2D eigenvalue weighted by molar-refractivity contribution is 7.83. The number of fused-ring (bicyclic) bond motifs is 1. The molecule has 0 bridgehead atoms. The van der Waals surface area contributed by atoms with E-state index >= 15 is 0 Å². The van der Waals surface area contributed by atoms with Gasteiger partial charge < -0.3 is 14.8 Å². The van der Waals surface area contributed by atoms with Crippen molar-refractivity contribution < 1.29 is 18.5 Å². The third-order valence-electron chi connectivity index (χ3n) is 4.26. The quantitative estimate of drug-likeness (QED) is 0.742. The number of para-hydroxylation sites is 1. The van der Waals surface area contributed by atoms with Gasteiger partial charge in [0.05, 0.1) is 6.54 Å². The van der Waals surface area contributed by atoms with Crippen LogP contribution in [0.4, 0.5) is 0 Å². The van der Waals surface area contributed by atoms with Crippen LogP contribution in [-0.4, -0.2) is 35.1 Å². The van der Waals surface area contributed by atoms with Crippen LogP contribution in [0, 0.1) is 0 Å². The van der Waals surface area contributed by atoms with Crippen LogP contribution in [0.2, 0.25) is 0 Å². The molecule has 0 spiro atoms. The largest absolute Gasteiger partial charge is 0.488 e. The van der Waals surface area contributed by atoms with Gasteiger partial charge >= 0.3 is 0 Å². The van der Waals surface area contributed by atoms with Crippen molar-refractivity contribution in [3.63, 3.8) is 0 Å². The third kappa shape index (κ3) is 5.10. The maximum absolute atomic E-state index is 12.3. The molecule has 3 rings (SSSR count). The standard InChI is InChI=1S/C21H25NO4S/c1-21(2)13-17-8-5-9-18(19(17)26-21)25-11-10-22-20(23)16-7-4-6-15(12-16)14-27(3)24/h4-9,12H,10-11,13-14H2,1-3H3,(H,22,23). The minimum absolute atomic E-state index is 0.169. The molecule has 144 valence electrons. The number of hydrogen-bond acceptors (Lipinski definition) is 4. The van der Waals surface area contributed by atoms with Crippen molar-refractivity contribution in [2.75, 3.05) is 19.4 Å².